The van der Waals surface area contributed by atoms with E-state index in [1.165, 1.54) is 24.5 Å². The molecule has 0 N–H and O–H groups in total. The Bertz CT molecular complexity index is 999. The Morgan fingerprint density at radius 3 is 2.47 bits per heavy atom. The Morgan fingerprint density at radius 2 is 1.89 bits per heavy atom. The summed E-state index contributed by atoms with van der Waals surface area (Å²) in [6, 6.07) is 6.84. The summed E-state index contributed by atoms with van der Waals surface area (Å²) in [5.41, 5.74) is 4.87. The first-order chi connectivity index (χ1) is 18.2. The normalized spacial score (nSPS) is 16.7. The van der Waals surface area contributed by atoms with Crippen molar-refractivity contribution in [1.82, 2.24) is 14.7 Å². The zero-order valence-electron chi connectivity index (χ0n) is 24.7. The molecule has 1 saturated heterocycles. The highest BCUT2D eigenvalue weighted by Crippen LogP contribution is 2.30. The van der Waals surface area contributed by atoms with Crippen LogP contribution in [0.5, 0.6) is 0 Å². The summed E-state index contributed by atoms with van der Waals surface area (Å²) in [6.07, 6.45) is 11.2. The van der Waals surface area contributed by atoms with E-state index >= 15 is 0 Å². The first kappa shape index (κ1) is 31.7. The van der Waals surface area contributed by atoms with Gasteiger partial charge in [0.05, 0.1) is 0 Å². The van der Waals surface area contributed by atoms with Crippen LogP contribution in [0.4, 0.5) is 4.39 Å². The number of hydrogen-bond acceptors (Lipinski definition) is 3. The van der Waals surface area contributed by atoms with Crippen LogP contribution in [-0.2, 0) is 11.2 Å². The van der Waals surface area contributed by atoms with Crippen molar-refractivity contribution in [2.75, 3.05) is 53.4 Å². The molecule has 0 spiro atoms. The van der Waals surface area contributed by atoms with Crippen molar-refractivity contribution in [3.63, 3.8) is 0 Å². The van der Waals surface area contributed by atoms with Gasteiger partial charge < -0.3 is 9.80 Å². The molecule has 5 heteroatoms. The van der Waals surface area contributed by atoms with Crippen LogP contribution in [0.2, 0.25) is 0 Å². The van der Waals surface area contributed by atoms with E-state index in [0.717, 1.165) is 67.7 Å². The molecular weight excluding hydrogens is 473 g/mol. The smallest absolute Gasteiger partial charge is 0.254 e. The third-order valence-corrected chi connectivity index (χ3v) is 7.48. The third-order valence-electron chi connectivity index (χ3n) is 7.48. The molecule has 38 heavy (non-hydrogen) atoms. The first-order valence-electron chi connectivity index (χ1n) is 14.3. The average Bonchev–Trinajstić information content (AvgIpc) is 2.88. The summed E-state index contributed by atoms with van der Waals surface area (Å²) in [5.74, 6) is 0.495. The molecule has 210 valence electrons. The number of amides is 1. The second kappa shape index (κ2) is 16.5. The topological polar surface area (TPSA) is 26.8 Å². The molecule has 1 aliphatic heterocycles. The van der Waals surface area contributed by atoms with Gasteiger partial charge in [-0.25, -0.2) is 4.39 Å². The fourth-order valence-corrected chi connectivity index (χ4v) is 5.15. The van der Waals surface area contributed by atoms with E-state index in [-0.39, 0.29) is 11.7 Å². The van der Waals surface area contributed by atoms with E-state index in [9.17, 15) is 9.18 Å². The van der Waals surface area contributed by atoms with Crippen LogP contribution in [0.1, 0.15) is 58.9 Å². The summed E-state index contributed by atoms with van der Waals surface area (Å²) in [6.45, 7) is 17.6. The van der Waals surface area contributed by atoms with E-state index in [1.54, 1.807) is 12.1 Å². The molecule has 1 aromatic carbocycles. The zero-order valence-corrected chi connectivity index (χ0v) is 24.7. The molecule has 0 saturated carbocycles. The van der Waals surface area contributed by atoms with Crippen LogP contribution < -0.4 is 0 Å². The highest BCUT2D eigenvalue weighted by molar-refractivity contribution is 6.00. The number of hydrogen-bond donors (Lipinski definition) is 0. The summed E-state index contributed by atoms with van der Waals surface area (Å²) in [7, 11) is 4.24. The maximum absolute atomic E-state index is 14.0. The van der Waals surface area contributed by atoms with Crippen LogP contribution in [0.15, 0.2) is 71.4 Å². The minimum Gasteiger partial charge on any atom is -0.336 e. The van der Waals surface area contributed by atoms with Crippen LogP contribution >= 0.6 is 0 Å². The number of allylic oxidation sites excluding steroid dienone is 5. The van der Waals surface area contributed by atoms with Gasteiger partial charge in [-0.2, -0.15) is 0 Å². The number of carbonyl (C=O) groups is 1. The summed E-state index contributed by atoms with van der Waals surface area (Å²) >= 11 is 0. The molecule has 1 aliphatic rings. The monoisotopic (exact) mass is 523 g/mol. The second-order valence-electron chi connectivity index (χ2n) is 11.0. The maximum atomic E-state index is 14.0. The van der Waals surface area contributed by atoms with E-state index < -0.39 is 0 Å². The van der Waals surface area contributed by atoms with Gasteiger partial charge in [0.1, 0.15) is 5.82 Å². The Hall–Kier alpha value is -2.50. The van der Waals surface area contributed by atoms with Gasteiger partial charge >= 0.3 is 0 Å². The van der Waals surface area contributed by atoms with Crippen molar-refractivity contribution in [1.29, 1.82) is 0 Å². The van der Waals surface area contributed by atoms with Crippen molar-refractivity contribution in [2.24, 2.45) is 5.92 Å². The van der Waals surface area contributed by atoms with Gasteiger partial charge in [-0.3, -0.25) is 9.69 Å². The zero-order chi connectivity index (χ0) is 28.1. The Labute approximate surface area is 231 Å². The molecule has 1 aromatic rings. The lowest BCUT2D eigenvalue weighted by Gasteiger charge is -2.36. The lowest BCUT2D eigenvalue weighted by molar-refractivity contribution is -0.128. The van der Waals surface area contributed by atoms with Crippen molar-refractivity contribution in [2.45, 2.75) is 59.8 Å². The van der Waals surface area contributed by atoms with Gasteiger partial charge in [0.15, 0.2) is 0 Å². The minimum atomic E-state index is -0.185. The minimum absolute atomic E-state index is 0.120. The molecular formula is C33H50FN3O. The van der Waals surface area contributed by atoms with Gasteiger partial charge in [0.25, 0.3) is 5.91 Å². The highest BCUT2D eigenvalue weighted by Gasteiger charge is 2.27. The molecule has 1 heterocycles. The summed E-state index contributed by atoms with van der Waals surface area (Å²) in [4.78, 5) is 20.7. The standard InChI is InChI=1S/C33H50FN3O/c1-8-10-16-31(26(3)4)32(27(5)24-28(9-2)14-12-18-35(6)7)33(38)37-22-20-36(21-23-37)19-17-29-13-11-15-30(34)25-29/h8,10-11,13,15-16,25,28H,3,9,12,14,17-24H2,1-2,4-7H3. The van der Waals surface area contributed by atoms with Gasteiger partial charge in [-0.05, 0) is 96.3 Å². The fourth-order valence-electron chi connectivity index (χ4n) is 5.15. The Balaban J connectivity index is 2.17. The van der Waals surface area contributed by atoms with Crippen molar-refractivity contribution in [3.8, 4) is 0 Å². The molecule has 1 amide bonds. The molecule has 2 rings (SSSR count). The average molecular weight is 524 g/mol. The van der Waals surface area contributed by atoms with Gasteiger partial charge in [0.2, 0.25) is 0 Å². The molecule has 1 atom stereocenters. The number of piperazine rings is 1. The molecule has 0 aliphatic carbocycles. The van der Waals surface area contributed by atoms with Gasteiger partial charge in [0, 0.05) is 38.3 Å². The largest absolute Gasteiger partial charge is 0.336 e. The van der Waals surface area contributed by atoms with Crippen molar-refractivity contribution < 1.29 is 9.18 Å². The molecule has 1 fully saturated rings. The molecule has 0 aromatic heterocycles. The van der Waals surface area contributed by atoms with Crippen LogP contribution in [0, 0.1) is 11.7 Å². The van der Waals surface area contributed by atoms with Crippen LogP contribution in [0.3, 0.4) is 0 Å². The predicted octanol–water partition coefficient (Wildman–Crippen LogP) is 6.67. The molecule has 4 nitrogen and oxygen atoms in total. The van der Waals surface area contributed by atoms with Crippen molar-refractivity contribution >= 4 is 5.91 Å². The van der Waals surface area contributed by atoms with E-state index in [1.807, 2.05) is 43.0 Å². The van der Waals surface area contributed by atoms with Crippen molar-refractivity contribution in [3.05, 3.63) is 82.7 Å². The lowest BCUT2D eigenvalue weighted by atomic mass is 9.86. The van der Waals surface area contributed by atoms with Gasteiger partial charge in [-0.1, -0.05) is 61.4 Å². The molecule has 1 unspecified atom stereocenters. The number of nitrogens with zero attached hydrogens (tertiary/aromatic N) is 3. The molecule has 0 bridgehead atoms. The van der Waals surface area contributed by atoms with E-state index in [0.29, 0.717) is 19.0 Å². The Kier molecular flexibility index (Phi) is 13.7. The van der Waals surface area contributed by atoms with E-state index in [2.05, 4.69) is 44.3 Å². The number of rotatable bonds is 14. The predicted molar refractivity (Wildman–Crippen MR) is 160 cm³/mol. The highest BCUT2D eigenvalue weighted by atomic mass is 19.1. The third kappa shape index (κ3) is 10.3. The Morgan fingerprint density at radius 1 is 1.18 bits per heavy atom. The number of carbonyl (C=O) groups excluding carboxylic acids is 1. The second-order valence-corrected chi connectivity index (χ2v) is 11.0. The quantitative estimate of drug-likeness (QED) is 0.201. The van der Waals surface area contributed by atoms with E-state index in [4.69, 9.17) is 0 Å². The number of halogens is 1. The summed E-state index contributed by atoms with van der Waals surface area (Å²) in [5, 5.41) is 0. The first-order valence-corrected chi connectivity index (χ1v) is 14.3. The van der Waals surface area contributed by atoms with Gasteiger partial charge in [-0.15, -0.1) is 0 Å². The molecule has 0 radical (unpaired) electrons. The SMILES string of the molecule is C=C(C)C(=CC=CC)C(C(=O)N1CCN(CCc2cccc(F)c2)CC1)=C(C)CC(CC)CCCN(C)C. The van der Waals surface area contributed by atoms with Crippen LogP contribution in [-0.4, -0.2) is 74.0 Å². The van der Waals surface area contributed by atoms with Crippen LogP contribution in [0.25, 0.3) is 0 Å². The lowest BCUT2D eigenvalue weighted by Crippen LogP contribution is -2.49. The maximum Gasteiger partial charge on any atom is 0.254 e. The number of benzene rings is 1. The fraction of sp³-hybridized carbons (Fsp3) is 0.545. The summed E-state index contributed by atoms with van der Waals surface area (Å²) < 4.78 is 13.5.